The van der Waals surface area contributed by atoms with Crippen LogP contribution in [0, 0.1) is 13.8 Å². The number of hydrogen-bond acceptors (Lipinski definition) is 1. The van der Waals surface area contributed by atoms with Gasteiger partial charge in [-0.3, -0.25) is 9.89 Å². The lowest BCUT2D eigenvalue weighted by molar-refractivity contribution is 0.848. The van der Waals surface area contributed by atoms with Crippen molar-refractivity contribution in [3.8, 4) is 16.8 Å². The van der Waals surface area contributed by atoms with Gasteiger partial charge in [0.15, 0.2) is 0 Å². The van der Waals surface area contributed by atoms with Gasteiger partial charge in [-0.05, 0) is 42.7 Å². The van der Waals surface area contributed by atoms with Crippen molar-refractivity contribution in [2.75, 3.05) is 0 Å². The van der Waals surface area contributed by atoms with Crippen LogP contribution < -0.4 is 5.56 Å². The molecule has 1 N–H and O–H groups in total. The van der Waals surface area contributed by atoms with E-state index in [0.29, 0.717) is 5.56 Å². The highest BCUT2D eigenvalue weighted by Crippen LogP contribution is 2.16. The van der Waals surface area contributed by atoms with E-state index in [0.717, 1.165) is 11.3 Å². The molecule has 0 aliphatic heterocycles. The fourth-order valence-electron chi connectivity index (χ4n) is 2.25. The third kappa shape index (κ3) is 2.07. The Labute approximate surface area is 117 Å². The van der Waals surface area contributed by atoms with E-state index < -0.39 is 0 Å². The van der Waals surface area contributed by atoms with Crippen molar-refractivity contribution < 1.29 is 0 Å². The number of aryl methyl sites for hydroxylation is 2. The molecule has 0 fully saturated rings. The summed E-state index contributed by atoms with van der Waals surface area (Å²) in [5.41, 5.74) is 4.83. The molecule has 0 spiro atoms. The van der Waals surface area contributed by atoms with Crippen molar-refractivity contribution in [3.63, 3.8) is 0 Å². The van der Waals surface area contributed by atoms with Gasteiger partial charge in [-0.2, -0.15) is 0 Å². The topological polar surface area (TPSA) is 37.8 Å². The van der Waals surface area contributed by atoms with Crippen molar-refractivity contribution in [3.05, 3.63) is 76.2 Å². The molecule has 0 atom stereocenters. The van der Waals surface area contributed by atoms with Gasteiger partial charge in [0.2, 0.25) is 0 Å². The van der Waals surface area contributed by atoms with Crippen LogP contribution >= 0.6 is 0 Å². The minimum absolute atomic E-state index is 0.0283. The number of H-pyrrole nitrogens is 1. The molecule has 1 aromatic heterocycles. The molecule has 20 heavy (non-hydrogen) atoms. The molecule has 3 rings (SSSR count). The van der Waals surface area contributed by atoms with Gasteiger partial charge in [-0.25, -0.2) is 4.68 Å². The Morgan fingerprint density at radius 3 is 2.40 bits per heavy atom. The number of nitrogens with zero attached hydrogens (tertiary/aromatic N) is 1. The smallest absolute Gasteiger partial charge is 0.279 e. The minimum Gasteiger partial charge on any atom is -0.298 e. The molecule has 0 aliphatic rings. The zero-order chi connectivity index (χ0) is 14.1. The number of aromatic amines is 1. The highest BCUT2D eigenvalue weighted by molar-refractivity contribution is 5.62. The highest BCUT2D eigenvalue weighted by atomic mass is 16.1. The van der Waals surface area contributed by atoms with E-state index in [1.807, 2.05) is 55.5 Å². The lowest BCUT2D eigenvalue weighted by Gasteiger charge is -2.05. The summed E-state index contributed by atoms with van der Waals surface area (Å²) in [4.78, 5) is 12.5. The summed E-state index contributed by atoms with van der Waals surface area (Å²) in [5.74, 6) is 0. The van der Waals surface area contributed by atoms with Gasteiger partial charge < -0.3 is 0 Å². The molecule has 0 saturated heterocycles. The number of rotatable bonds is 2. The van der Waals surface area contributed by atoms with Crippen molar-refractivity contribution in [1.82, 2.24) is 9.78 Å². The minimum atomic E-state index is -0.0283. The van der Waals surface area contributed by atoms with Crippen molar-refractivity contribution in [2.45, 2.75) is 13.8 Å². The Hall–Kier alpha value is -2.55. The predicted molar refractivity (Wildman–Crippen MR) is 81.3 cm³/mol. The first-order valence-corrected chi connectivity index (χ1v) is 6.60. The van der Waals surface area contributed by atoms with Crippen LogP contribution in [0.4, 0.5) is 0 Å². The fraction of sp³-hybridized carbons (Fsp3) is 0.118. The summed E-state index contributed by atoms with van der Waals surface area (Å²) >= 11 is 0. The number of nitrogens with one attached hydrogen (secondary N) is 1. The first kappa shape index (κ1) is 12.5. The van der Waals surface area contributed by atoms with Gasteiger partial charge in [-0.1, -0.05) is 36.4 Å². The SMILES string of the molecule is Cc1ccc(-n2[nH]cc(-c3ccccc3)c2=O)cc1C. The molecular formula is C17H16N2O. The average Bonchev–Trinajstić information content (AvgIpc) is 2.85. The second-order valence-corrected chi connectivity index (χ2v) is 4.96. The molecule has 2 aromatic carbocycles. The number of hydrogen-bond donors (Lipinski definition) is 1. The second-order valence-electron chi connectivity index (χ2n) is 4.96. The lowest BCUT2D eigenvalue weighted by atomic mass is 10.1. The van der Waals surface area contributed by atoms with Gasteiger partial charge in [0, 0.05) is 6.20 Å². The van der Waals surface area contributed by atoms with Crippen molar-refractivity contribution in [1.29, 1.82) is 0 Å². The summed E-state index contributed by atoms with van der Waals surface area (Å²) in [7, 11) is 0. The molecule has 0 aliphatic carbocycles. The summed E-state index contributed by atoms with van der Waals surface area (Å²) in [6, 6.07) is 15.7. The molecule has 0 unspecified atom stereocenters. The quantitative estimate of drug-likeness (QED) is 0.756. The third-order valence-corrected chi connectivity index (χ3v) is 3.60. The van der Waals surface area contributed by atoms with Crippen molar-refractivity contribution in [2.24, 2.45) is 0 Å². The normalized spacial score (nSPS) is 10.7. The molecule has 0 saturated carbocycles. The van der Waals surface area contributed by atoms with Crippen LogP contribution in [-0.4, -0.2) is 9.78 Å². The summed E-state index contributed by atoms with van der Waals surface area (Å²) in [6.07, 6.45) is 1.76. The first-order valence-electron chi connectivity index (χ1n) is 6.60. The van der Waals surface area contributed by atoms with Crippen LogP contribution in [0.2, 0.25) is 0 Å². The van der Waals surface area contributed by atoms with E-state index >= 15 is 0 Å². The van der Waals surface area contributed by atoms with Crippen LogP contribution in [0.15, 0.2) is 59.5 Å². The Morgan fingerprint density at radius 2 is 1.70 bits per heavy atom. The Morgan fingerprint density at radius 1 is 0.950 bits per heavy atom. The lowest BCUT2D eigenvalue weighted by Crippen LogP contribution is -2.15. The summed E-state index contributed by atoms with van der Waals surface area (Å²) in [5, 5.41) is 3.04. The second kappa shape index (κ2) is 4.85. The van der Waals surface area contributed by atoms with Crippen LogP contribution in [0.1, 0.15) is 11.1 Å². The van der Waals surface area contributed by atoms with Gasteiger partial charge in [0.05, 0.1) is 11.3 Å². The fourth-order valence-corrected chi connectivity index (χ4v) is 2.25. The average molecular weight is 264 g/mol. The van der Waals surface area contributed by atoms with Gasteiger partial charge >= 0.3 is 0 Å². The van der Waals surface area contributed by atoms with E-state index in [1.54, 1.807) is 10.9 Å². The van der Waals surface area contributed by atoms with E-state index in [4.69, 9.17) is 0 Å². The monoisotopic (exact) mass is 264 g/mol. The Bertz CT molecular complexity index is 797. The van der Waals surface area contributed by atoms with E-state index in [2.05, 4.69) is 12.0 Å². The standard InChI is InChI=1S/C17H16N2O/c1-12-8-9-15(10-13(12)2)19-17(20)16(11-18-19)14-6-4-3-5-7-14/h3-11,18H,1-2H3. The molecule has 0 bridgehead atoms. The van der Waals surface area contributed by atoms with Crippen molar-refractivity contribution >= 4 is 0 Å². The summed E-state index contributed by atoms with van der Waals surface area (Å²) in [6.45, 7) is 4.11. The van der Waals surface area contributed by atoms with Crippen LogP contribution in [0.25, 0.3) is 16.8 Å². The summed E-state index contributed by atoms with van der Waals surface area (Å²) < 4.78 is 1.58. The molecule has 1 heterocycles. The Balaban J connectivity index is 2.11. The van der Waals surface area contributed by atoms with E-state index in [1.165, 1.54) is 11.1 Å². The maximum atomic E-state index is 12.5. The van der Waals surface area contributed by atoms with E-state index in [9.17, 15) is 4.79 Å². The molecular weight excluding hydrogens is 248 g/mol. The Kier molecular flexibility index (Phi) is 3.03. The molecule has 0 amide bonds. The molecule has 3 nitrogen and oxygen atoms in total. The molecule has 100 valence electrons. The largest absolute Gasteiger partial charge is 0.298 e. The van der Waals surface area contributed by atoms with Gasteiger partial charge in [-0.15, -0.1) is 0 Å². The highest BCUT2D eigenvalue weighted by Gasteiger charge is 2.09. The maximum Gasteiger partial charge on any atom is 0.279 e. The van der Waals surface area contributed by atoms with Crippen LogP contribution in [-0.2, 0) is 0 Å². The van der Waals surface area contributed by atoms with Gasteiger partial charge in [0.25, 0.3) is 5.56 Å². The van der Waals surface area contributed by atoms with Gasteiger partial charge in [0.1, 0.15) is 0 Å². The zero-order valence-corrected chi connectivity index (χ0v) is 11.6. The van der Waals surface area contributed by atoms with Crippen LogP contribution in [0.3, 0.4) is 0 Å². The van der Waals surface area contributed by atoms with Crippen LogP contribution in [0.5, 0.6) is 0 Å². The number of benzene rings is 2. The predicted octanol–water partition coefficient (Wildman–Crippen LogP) is 3.45. The molecule has 0 radical (unpaired) electrons. The first-order chi connectivity index (χ1) is 9.66. The van der Waals surface area contributed by atoms with E-state index in [-0.39, 0.29) is 5.56 Å². The maximum absolute atomic E-state index is 12.5. The zero-order valence-electron chi connectivity index (χ0n) is 11.6. The molecule has 3 heteroatoms. The number of aromatic nitrogens is 2. The third-order valence-electron chi connectivity index (χ3n) is 3.60. The molecule has 3 aromatic rings.